The van der Waals surface area contributed by atoms with Crippen LogP contribution in [0.3, 0.4) is 0 Å². The van der Waals surface area contributed by atoms with E-state index in [0.29, 0.717) is 41.1 Å². The molecule has 0 amide bonds. The molecule has 41 heavy (non-hydrogen) atoms. The van der Waals surface area contributed by atoms with Crippen LogP contribution in [0.4, 0.5) is 4.39 Å². The predicted octanol–water partition coefficient (Wildman–Crippen LogP) is 3.53. The minimum atomic E-state index is -0.381. The number of pyridine rings is 1. The molecule has 0 radical (unpaired) electrons. The third-order valence-electron chi connectivity index (χ3n) is 7.49. The van der Waals surface area contributed by atoms with Crippen LogP contribution >= 0.6 is 11.6 Å². The van der Waals surface area contributed by atoms with Gasteiger partial charge in [0, 0.05) is 43.4 Å². The molecule has 0 unspecified atom stereocenters. The average molecular weight is 581 g/mol. The summed E-state index contributed by atoms with van der Waals surface area (Å²) in [5.74, 6) is 1.45. The average Bonchev–Trinajstić information content (AvgIpc) is 3.29. The number of likely N-dealkylation sites (tertiary alicyclic amines) is 1. The van der Waals surface area contributed by atoms with Gasteiger partial charge in [-0.15, -0.1) is 0 Å². The number of aromatic nitrogens is 5. The fraction of sp³-hybridized carbons (Fsp3) is 0.393. The van der Waals surface area contributed by atoms with Crippen LogP contribution < -0.4 is 10.5 Å². The van der Waals surface area contributed by atoms with Crippen LogP contribution in [0.5, 0.6) is 5.88 Å². The van der Waals surface area contributed by atoms with Gasteiger partial charge < -0.3 is 25.0 Å². The van der Waals surface area contributed by atoms with E-state index in [9.17, 15) is 4.39 Å². The smallest absolute Gasteiger partial charge is 0.216 e. The third kappa shape index (κ3) is 6.24. The van der Waals surface area contributed by atoms with Crippen molar-refractivity contribution < 1.29 is 19.1 Å². The lowest BCUT2D eigenvalue weighted by Crippen LogP contribution is -2.39. The number of nitrogens with zero attached hydrogens (tertiary/aromatic N) is 7. The summed E-state index contributed by atoms with van der Waals surface area (Å²) in [7, 11) is 0. The lowest BCUT2D eigenvalue weighted by atomic mass is 10.1. The molecule has 2 saturated heterocycles. The summed E-state index contributed by atoms with van der Waals surface area (Å²) in [4.78, 5) is 20.4. The molecular formula is C28H30ClFN8O3. The number of imidazole rings is 1. The van der Waals surface area contributed by atoms with Crippen molar-refractivity contribution in [3.05, 3.63) is 76.5 Å². The Hall–Kier alpha value is -3.87. The summed E-state index contributed by atoms with van der Waals surface area (Å²) < 4.78 is 28.3. The first kappa shape index (κ1) is 27.3. The minimum Gasteiger partial charge on any atom is -0.474 e. The highest BCUT2D eigenvalue weighted by Crippen LogP contribution is 2.24. The number of hydrogen-bond acceptors (Lipinski definition) is 9. The Morgan fingerprint density at radius 1 is 1.17 bits per heavy atom. The van der Waals surface area contributed by atoms with Crippen LogP contribution in [0.25, 0.3) is 11.0 Å². The quantitative estimate of drug-likeness (QED) is 0.132. The Morgan fingerprint density at radius 2 is 2.00 bits per heavy atom. The van der Waals surface area contributed by atoms with E-state index in [1.807, 2.05) is 0 Å². The van der Waals surface area contributed by atoms with E-state index in [4.69, 9.17) is 37.0 Å². The fourth-order valence-corrected chi connectivity index (χ4v) is 5.30. The Kier molecular flexibility index (Phi) is 7.95. The number of hydrogen-bond donors (Lipinski definition) is 2. The molecule has 0 spiro atoms. The molecule has 0 saturated carbocycles. The summed E-state index contributed by atoms with van der Waals surface area (Å²) >= 11 is 5.86. The number of halogens is 2. The number of piperidine rings is 1. The highest BCUT2D eigenvalue weighted by atomic mass is 35.5. The van der Waals surface area contributed by atoms with Crippen molar-refractivity contribution in [2.24, 2.45) is 10.9 Å². The number of nitrogens with two attached hydrogens (primary N) is 1. The molecule has 2 aliphatic rings. The van der Waals surface area contributed by atoms with Crippen molar-refractivity contribution in [3.8, 4) is 5.88 Å². The summed E-state index contributed by atoms with van der Waals surface area (Å²) in [5, 5.41) is 12.4. The maximum absolute atomic E-state index is 14.2. The van der Waals surface area contributed by atoms with Crippen molar-refractivity contribution >= 4 is 28.5 Å². The Labute approximate surface area is 240 Å². The number of oxime groups is 1. The normalized spacial score (nSPS) is 18.5. The van der Waals surface area contributed by atoms with Gasteiger partial charge in [0.15, 0.2) is 5.84 Å². The van der Waals surface area contributed by atoms with E-state index in [0.717, 1.165) is 55.8 Å². The molecule has 1 aromatic carbocycles. The van der Waals surface area contributed by atoms with Gasteiger partial charge in [0.05, 0.1) is 36.4 Å². The molecule has 1 atom stereocenters. The molecule has 11 nitrogen and oxygen atoms in total. The zero-order valence-electron chi connectivity index (χ0n) is 22.3. The third-order valence-corrected chi connectivity index (χ3v) is 7.73. The van der Waals surface area contributed by atoms with Crippen molar-refractivity contribution in [3.63, 3.8) is 0 Å². The molecule has 214 valence electrons. The van der Waals surface area contributed by atoms with Gasteiger partial charge in [0.1, 0.15) is 29.3 Å². The van der Waals surface area contributed by atoms with E-state index in [1.54, 1.807) is 36.7 Å². The van der Waals surface area contributed by atoms with E-state index in [-0.39, 0.29) is 30.3 Å². The highest BCUT2D eigenvalue weighted by Gasteiger charge is 2.26. The summed E-state index contributed by atoms with van der Waals surface area (Å²) in [5.41, 5.74) is 8.23. The van der Waals surface area contributed by atoms with Crippen molar-refractivity contribution in [2.75, 3.05) is 19.7 Å². The standard InChI is InChI=1S/C28H30ClFN8O3/c29-18-2-1-17(21(30)12-18)11-25-32-7-3-27(35-25)41-19-4-8-37(9-5-19)16-26-34-22-13-23(28(31)36-39)33-14-24(22)38(26)15-20-6-10-40-20/h1-3,7,12-14,19-20,39H,4-6,8-11,15-16H2,(H2,31,36)/t20-/m0/s1. The van der Waals surface area contributed by atoms with E-state index in [1.165, 1.54) is 6.07 Å². The summed E-state index contributed by atoms with van der Waals surface area (Å²) in [6.07, 6.45) is 6.43. The fourth-order valence-electron chi connectivity index (χ4n) is 5.14. The van der Waals surface area contributed by atoms with E-state index >= 15 is 0 Å². The lowest BCUT2D eigenvalue weighted by molar-refractivity contribution is -0.0592. The molecule has 13 heteroatoms. The summed E-state index contributed by atoms with van der Waals surface area (Å²) in [6.45, 7) is 3.80. The zero-order chi connectivity index (χ0) is 28.3. The van der Waals surface area contributed by atoms with Gasteiger partial charge in [-0.05, 0) is 43.0 Å². The molecule has 0 bridgehead atoms. The van der Waals surface area contributed by atoms with Gasteiger partial charge in [0.25, 0.3) is 0 Å². The first-order valence-corrected chi connectivity index (χ1v) is 13.9. The predicted molar refractivity (Wildman–Crippen MR) is 150 cm³/mol. The number of amidine groups is 1. The zero-order valence-corrected chi connectivity index (χ0v) is 23.0. The first-order chi connectivity index (χ1) is 19.9. The lowest BCUT2D eigenvalue weighted by Gasteiger charge is -2.32. The number of benzene rings is 1. The topological polar surface area (TPSA) is 137 Å². The van der Waals surface area contributed by atoms with Crippen molar-refractivity contribution in [1.82, 2.24) is 29.4 Å². The van der Waals surface area contributed by atoms with Gasteiger partial charge in [-0.2, -0.15) is 4.98 Å². The molecular weight excluding hydrogens is 551 g/mol. The second-order valence-electron chi connectivity index (χ2n) is 10.3. The van der Waals surface area contributed by atoms with Crippen LogP contribution in [0, 0.1) is 5.82 Å². The molecule has 3 N–H and O–H groups in total. The van der Waals surface area contributed by atoms with Gasteiger partial charge in [0.2, 0.25) is 5.88 Å². The maximum Gasteiger partial charge on any atom is 0.216 e. The molecule has 3 aromatic heterocycles. The van der Waals surface area contributed by atoms with Gasteiger partial charge in [-0.3, -0.25) is 9.88 Å². The van der Waals surface area contributed by atoms with E-state index < -0.39 is 0 Å². The molecule has 4 aromatic rings. The molecule has 6 rings (SSSR count). The molecule has 2 aliphatic heterocycles. The second kappa shape index (κ2) is 11.9. The Balaban J connectivity index is 1.10. The molecule has 0 aliphatic carbocycles. The van der Waals surface area contributed by atoms with Crippen LogP contribution in [0.1, 0.15) is 42.2 Å². The highest BCUT2D eigenvalue weighted by molar-refractivity contribution is 6.30. The van der Waals surface area contributed by atoms with Crippen LogP contribution in [-0.2, 0) is 24.2 Å². The molecule has 5 heterocycles. The largest absolute Gasteiger partial charge is 0.474 e. The van der Waals surface area contributed by atoms with Crippen molar-refractivity contribution in [1.29, 1.82) is 0 Å². The first-order valence-electron chi connectivity index (χ1n) is 13.5. The van der Waals surface area contributed by atoms with Gasteiger partial charge >= 0.3 is 0 Å². The van der Waals surface area contributed by atoms with Crippen LogP contribution in [0.15, 0.2) is 47.9 Å². The number of fused-ring (bicyclic) bond motifs is 1. The van der Waals surface area contributed by atoms with Crippen molar-refractivity contribution in [2.45, 2.75) is 51.0 Å². The second-order valence-corrected chi connectivity index (χ2v) is 10.7. The summed E-state index contributed by atoms with van der Waals surface area (Å²) in [6, 6.07) is 8.06. The SMILES string of the molecule is N/C(=N\O)c1cc2nc(CN3CCC(Oc4ccnc(Cc5ccc(Cl)cc5F)n4)CC3)n(C[C@@H]3CCO3)c2cn1. The Bertz CT molecular complexity index is 1570. The van der Waals surface area contributed by atoms with Gasteiger partial charge in [-0.25, -0.2) is 14.4 Å². The Morgan fingerprint density at radius 3 is 2.73 bits per heavy atom. The number of ether oxygens (including phenoxy) is 2. The van der Waals surface area contributed by atoms with Crippen LogP contribution in [-0.4, -0.2) is 72.4 Å². The minimum absolute atomic E-state index is 0.0102. The monoisotopic (exact) mass is 580 g/mol. The van der Waals surface area contributed by atoms with Gasteiger partial charge in [-0.1, -0.05) is 22.8 Å². The maximum atomic E-state index is 14.2. The van der Waals surface area contributed by atoms with Crippen LogP contribution in [0.2, 0.25) is 5.02 Å². The van der Waals surface area contributed by atoms with E-state index in [2.05, 4.69) is 29.6 Å². The number of rotatable bonds is 9. The molecule has 2 fully saturated rings.